The van der Waals surface area contributed by atoms with Crippen LogP contribution < -0.4 is 10.4 Å². The Labute approximate surface area is 164 Å². The fourth-order valence-corrected chi connectivity index (χ4v) is 3.87. The second-order valence-corrected chi connectivity index (χ2v) is 7.61. The zero-order valence-electron chi connectivity index (χ0n) is 16.8. The first-order chi connectivity index (χ1) is 12.5. The van der Waals surface area contributed by atoms with Gasteiger partial charge in [0, 0.05) is 33.0 Å². The quantitative estimate of drug-likeness (QED) is 0.780. The number of hydrogen-bond acceptors (Lipinski definition) is 3. The standard InChI is InChI=1S/C22H30N2.CH4S/c1-16-5-9-18(10-6-16)22(19-11-7-17(2)8-12-19)20-13-14-21(23-15-20)24(3)4;1-2/h5-6,9-11,17,20H,1,7-8,12-15H2,2-4H3;2H,1H3/t17?,20-;/m0./s1. The van der Waals surface area contributed by atoms with Crippen molar-refractivity contribution in [2.45, 2.75) is 39.0 Å². The fourth-order valence-electron chi connectivity index (χ4n) is 3.87. The molecule has 0 amide bonds. The maximum absolute atomic E-state index is 4.87. The molecule has 1 unspecified atom stereocenters. The molecule has 0 fully saturated rings. The Morgan fingerprint density at radius 2 is 1.81 bits per heavy atom. The first-order valence-corrected chi connectivity index (χ1v) is 10.6. The lowest BCUT2D eigenvalue weighted by Crippen LogP contribution is -2.30. The molecule has 2 nitrogen and oxygen atoms in total. The molecule has 0 N–H and O–H groups in total. The van der Waals surface area contributed by atoms with Crippen LogP contribution in [0.5, 0.6) is 0 Å². The van der Waals surface area contributed by atoms with Crippen LogP contribution in [0.3, 0.4) is 0 Å². The monoisotopic (exact) mass is 370 g/mol. The van der Waals surface area contributed by atoms with Crippen LogP contribution >= 0.6 is 12.6 Å². The first kappa shape index (κ1) is 20.8. The minimum Gasteiger partial charge on any atom is -0.366 e. The molecule has 3 rings (SSSR count). The second kappa shape index (κ2) is 10.0. The highest BCUT2D eigenvalue weighted by Gasteiger charge is 2.24. The second-order valence-electron chi connectivity index (χ2n) is 7.61. The highest BCUT2D eigenvalue weighted by atomic mass is 32.1. The maximum Gasteiger partial charge on any atom is 0.0984 e. The summed E-state index contributed by atoms with van der Waals surface area (Å²) >= 11 is 3.53. The third-order valence-electron chi connectivity index (χ3n) is 5.42. The van der Waals surface area contributed by atoms with Crippen molar-refractivity contribution < 1.29 is 0 Å². The van der Waals surface area contributed by atoms with Crippen LogP contribution in [0, 0.1) is 11.8 Å². The SMILES string of the molecule is C=c1ccc(=C(C2=CCC(C)CC2)[C@H]2CCC(N(C)C)=NC2)cc1.CS. The number of nitrogens with zero attached hydrogens (tertiary/aromatic N) is 2. The Bertz CT molecular complexity index is 737. The van der Waals surface area contributed by atoms with Gasteiger partial charge in [0.2, 0.25) is 0 Å². The van der Waals surface area contributed by atoms with E-state index in [2.05, 4.69) is 75.5 Å². The number of allylic oxidation sites excluding steroid dienone is 2. The number of hydrogen-bond donors (Lipinski definition) is 1. The van der Waals surface area contributed by atoms with Crippen LogP contribution in [0.1, 0.15) is 39.0 Å². The zero-order chi connectivity index (χ0) is 19.1. The number of amidine groups is 1. The van der Waals surface area contributed by atoms with Gasteiger partial charge in [0.25, 0.3) is 0 Å². The van der Waals surface area contributed by atoms with Gasteiger partial charge in [-0.3, -0.25) is 4.99 Å². The Hall–Kier alpha value is -1.48. The van der Waals surface area contributed by atoms with Crippen LogP contribution in [0.4, 0.5) is 0 Å². The van der Waals surface area contributed by atoms with Gasteiger partial charge >= 0.3 is 0 Å². The van der Waals surface area contributed by atoms with Crippen LogP contribution in [0.25, 0.3) is 12.2 Å². The summed E-state index contributed by atoms with van der Waals surface area (Å²) in [6.07, 6.45) is 10.2. The number of thiol groups is 1. The van der Waals surface area contributed by atoms with Gasteiger partial charge in [0.1, 0.15) is 0 Å². The van der Waals surface area contributed by atoms with E-state index in [0.717, 1.165) is 24.1 Å². The molecule has 2 aliphatic rings. The lowest BCUT2D eigenvalue weighted by Gasteiger charge is -2.30. The van der Waals surface area contributed by atoms with E-state index < -0.39 is 0 Å². The van der Waals surface area contributed by atoms with Gasteiger partial charge in [0.05, 0.1) is 5.84 Å². The van der Waals surface area contributed by atoms with E-state index in [1.807, 2.05) is 0 Å². The van der Waals surface area contributed by atoms with Crippen molar-refractivity contribution in [2.75, 3.05) is 26.9 Å². The van der Waals surface area contributed by atoms with Crippen LogP contribution in [-0.4, -0.2) is 37.6 Å². The van der Waals surface area contributed by atoms with Gasteiger partial charge in [0.15, 0.2) is 0 Å². The van der Waals surface area contributed by atoms with Gasteiger partial charge in [-0.25, -0.2) is 0 Å². The van der Waals surface area contributed by atoms with E-state index in [1.165, 1.54) is 36.7 Å². The number of aliphatic imine (C=N–C) groups is 1. The van der Waals surface area contributed by atoms with Gasteiger partial charge in [-0.05, 0) is 59.4 Å². The van der Waals surface area contributed by atoms with Crippen LogP contribution in [-0.2, 0) is 0 Å². The fraction of sp³-hybridized carbons (Fsp3) is 0.522. The highest BCUT2D eigenvalue weighted by molar-refractivity contribution is 7.79. The molecule has 1 aliphatic heterocycles. The molecule has 0 aromatic heterocycles. The molecule has 0 spiro atoms. The molecule has 26 heavy (non-hydrogen) atoms. The summed E-state index contributed by atoms with van der Waals surface area (Å²) in [6.45, 7) is 7.31. The lowest BCUT2D eigenvalue weighted by molar-refractivity contribution is 0.505. The number of benzene rings is 1. The Morgan fingerprint density at radius 3 is 2.31 bits per heavy atom. The van der Waals surface area contributed by atoms with Crippen molar-refractivity contribution in [2.24, 2.45) is 16.8 Å². The first-order valence-electron chi connectivity index (χ1n) is 9.68. The van der Waals surface area contributed by atoms with Crippen molar-refractivity contribution >= 4 is 30.6 Å². The Morgan fingerprint density at radius 1 is 1.12 bits per heavy atom. The van der Waals surface area contributed by atoms with Crippen LogP contribution in [0.2, 0.25) is 0 Å². The molecule has 3 heteroatoms. The van der Waals surface area contributed by atoms with E-state index in [9.17, 15) is 0 Å². The minimum absolute atomic E-state index is 0.545. The largest absolute Gasteiger partial charge is 0.366 e. The number of rotatable bonds is 2. The average Bonchev–Trinajstić information content (AvgIpc) is 2.67. The molecule has 0 bridgehead atoms. The van der Waals surface area contributed by atoms with Crippen molar-refractivity contribution in [1.29, 1.82) is 0 Å². The summed E-state index contributed by atoms with van der Waals surface area (Å²) in [4.78, 5) is 7.03. The molecular weight excluding hydrogens is 336 g/mol. The smallest absolute Gasteiger partial charge is 0.0984 e. The predicted molar refractivity (Wildman–Crippen MR) is 119 cm³/mol. The van der Waals surface area contributed by atoms with E-state index in [0.29, 0.717) is 5.92 Å². The predicted octanol–water partition coefficient (Wildman–Crippen LogP) is 3.91. The normalized spacial score (nSPS) is 22.5. The molecule has 0 saturated carbocycles. The zero-order valence-corrected chi connectivity index (χ0v) is 17.7. The molecule has 1 aromatic carbocycles. The molecule has 0 saturated heterocycles. The highest BCUT2D eigenvalue weighted by Crippen LogP contribution is 2.35. The van der Waals surface area contributed by atoms with E-state index in [4.69, 9.17) is 4.99 Å². The third-order valence-corrected chi connectivity index (χ3v) is 5.42. The summed E-state index contributed by atoms with van der Waals surface area (Å²) in [7, 11) is 4.20. The summed E-state index contributed by atoms with van der Waals surface area (Å²) in [5.41, 5.74) is 3.11. The molecule has 1 aromatic rings. The van der Waals surface area contributed by atoms with Crippen molar-refractivity contribution in [3.8, 4) is 0 Å². The molecule has 142 valence electrons. The molecule has 1 aliphatic carbocycles. The van der Waals surface area contributed by atoms with Crippen molar-refractivity contribution in [3.63, 3.8) is 0 Å². The summed E-state index contributed by atoms with van der Waals surface area (Å²) < 4.78 is 0. The summed E-state index contributed by atoms with van der Waals surface area (Å²) in [5, 5.41) is 2.46. The van der Waals surface area contributed by atoms with Crippen LogP contribution in [0.15, 0.2) is 40.9 Å². The van der Waals surface area contributed by atoms with E-state index in [-0.39, 0.29) is 0 Å². The lowest BCUT2D eigenvalue weighted by atomic mass is 9.79. The van der Waals surface area contributed by atoms with E-state index in [1.54, 1.807) is 17.4 Å². The van der Waals surface area contributed by atoms with Gasteiger partial charge in [-0.15, -0.1) is 0 Å². The van der Waals surface area contributed by atoms with Gasteiger partial charge < -0.3 is 4.90 Å². The average molecular weight is 371 g/mol. The van der Waals surface area contributed by atoms with Crippen molar-refractivity contribution in [1.82, 2.24) is 4.90 Å². The Kier molecular flexibility index (Phi) is 8.02. The topological polar surface area (TPSA) is 15.6 Å². The summed E-state index contributed by atoms with van der Waals surface area (Å²) in [6, 6.07) is 8.78. The minimum atomic E-state index is 0.545. The Balaban J connectivity index is 0.00000117. The van der Waals surface area contributed by atoms with Gasteiger partial charge in [-0.1, -0.05) is 43.8 Å². The molecule has 1 heterocycles. The maximum atomic E-state index is 4.87. The van der Waals surface area contributed by atoms with Crippen molar-refractivity contribution in [3.05, 3.63) is 46.4 Å². The molecule has 0 radical (unpaired) electrons. The molecular formula is C23H34N2S. The third kappa shape index (κ3) is 5.26. The molecule has 2 atom stereocenters. The van der Waals surface area contributed by atoms with E-state index >= 15 is 0 Å². The summed E-state index contributed by atoms with van der Waals surface area (Å²) in [5.74, 6) is 2.61. The van der Waals surface area contributed by atoms with Gasteiger partial charge in [-0.2, -0.15) is 12.6 Å².